The summed E-state index contributed by atoms with van der Waals surface area (Å²) in [6.45, 7) is 0. The summed E-state index contributed by atoms with van der Waals surface area (Å²) < 4.78 is 58.2. The van der Waals surface area contributed by atoms with Gasteiger partial charge in [-0.15, -0.1) is 0 Å². The van der Waals surface area contributed by atoms with Crippen molar-refractivity contribution in [2.75, 3.05) is 5.75 Å². The first-order chi connectivity index (χ1) is 7.63. The number of Topliss-reactive ketones (excluding diaryl/α,β-unsaturated/α-hetero) is 1. The first kappa shape index (κ1) is 14.2. The fourth-order valence-corrected chi connectivity index (χ4v) is 1.91. The molecule has 94 valence electrons. The fourth-order valence-electron chi connectivity index (χ4n) is 0.974. The van der Waals surface area contributed by atoms with Gasteiger partial charge in [-0.25, -0.2) is 8.42 Å². The van der Waals surface area contributed by atoms with E-state index >= 15 is 0 Å². The number of hydrogen-bond donors (Lipinski definition) is 0. The van der Waals surface area contributed by atoms with Gasteiger partial charge in [-0.1, -0.05) is 28.1 Å². The molecule has 0 heterocycles. The van der Waals surface area contributed by atoms with Crippen LogP contribution in [0.15, 0.2) is 28.7 Å². The molecule has 0 aromatic heterocycles. The maximum atomic E-state index is 12.0. The molecule has 3 nitrogen and oxygen atoms in total. The topological polar surface area (TPSA) is 51.2 Å². The molecule has 1 aromatic rings. The summed E-state index contributed by atoms with van der Waals surface area (Å²) in [5.74, 6) is -2.66. The number of carbonyl (C=O) groups is 1. The summed E-state index contributed by atoms with van der Waals surface area (Å²) in [5, 5.41) is 0. The van der Waals surface area contributed by atoms with Crippen LogP contribution in [0.3, 0.4) is 0 Å². The average molecular weight is 331 g/mol. The number of carbonyl (C=O) groups excluding carboxylic acids is 1. The molecule has 1 aromatic carbocycles. The van der Waals surface area contributed by atoms with Gasteiger partial charge in [0.25, 0.3) is 9.84 Å². The van der Waals surface area contributed by atoms with Gasteiger partial charge in [-0.05, 0) is 12.1 Å². The lowest BCUT2D eigenvalue weighted by Crippen LogP contribution is -2.30. The van der Waals surface area contributed by atoms with Crippen molar-refractivity contribution >= 4 is 31.6 Å². The lowest BCUT2D eigenvalue weighted by atomic mass is 10.2. The maximum absolute atomic E-state index is 12.0. The number of halogens is 4. The summed E-state index contributed by atoms with van der Waals surface area (Å²) in [6, 6.07) is 5.37. The Morgan fingerprint density at radius 3 is 2.06 bits per heavy atom. The number of rotatable bonds is 3. The zero-order valence-electron chi connectivity index (χ0n) is 8.16. The Morgan fingerprint density at radius 2 is 1.65 bits per heavy atom. The smallest absolute Gasteiger partial charge is 0.293 e. The second-order valence-electron chi connectivity index (χ2n) is 3.13. The van der Waals surface area contributed by atoms with Crippen molar-refractivity contribution in [2.24, 2.45) is 0 Å². The molecule has 0 atom stereocenters. The molecule has 0 aliphatic carbocycles. The molecule has 0 spiro atoms. The Morgan fingerprint density at radius 1 is 1.18 bits per heavy atom. The van der Waals surface area contributed by atoms with E-state index in [0.717, 1.165) is 0 Å². The van der Waals surface area contributed by atoms with Gasteiger partial charge in [0.1, 0.15) is 5.75 Å². The minimum absolute atomic E-state index is 0.0824. The SMILES string of the molecule is O=C(CS(=O)(=O)C(F)(F)F)c1ccc(Br)cc1. The molecule has 0 radical (unpaired) electrons. The van der Waals surface area contributed by atoms with E-state index < -0.39 is 26.9 Å². The molecule has 17 heavy (non-hydrogen) atoms. The molecule has 0 aliphatic heterocycles. The zero-order chi connectivity index (χ0) is 13.3. The molecule has 0 fully saturated rings. The van der Waals surface area contributed by atoms with Crippen molar-refractivity contribution in [1.29, 1.82) is 0 Å². The summed E-state index contributed by atoms with van der Waals surface area (Å²) >= 11 is 3.08. The predicted molar refractivity (Wildman–Crippen MR) is 58.3 cm³/mol. The maximum Gasteiger partial charge on any atom is 0.497 e. The second kappa shape index (κ2) is 4.77. The molecule has 0 unspecified atom stereocenters. The minimum Gasteiger partial charge on any atom is -0.293 e. The molecule has 0 saturated heterocycles. The predicted octanol–water partition coefficient (Wildman–Crippen LogP) is 2.57. The van der Waals surface area contributed by atoms with Crippen LogP contribution in [0.25, 0.3) is 0 Å². The van der Waals surface area contributed by atoms with Gasteiger partial charge < -0.3 is 0 Å². The largest absolute Gasteiger partial charge is 0.497 e. The third kappa shape index (κ3) is 3.53. The lowest BCUT2D eigenvalue weighted by Gasteiger charge is -2.07. The number of benzene rings is 1. The number of ketones is 1. The van der Waals surface area contributed by atoms with E-state index in [4.69, 9.17) is 0 Å². The van der Waals surface area contributed by atoms with E-state index in [9.17, 15) is 26.4 Å². The third-order valence-electron chi connectivity index (χ3n) is 1.84. The minimum atomic E-state index is -5.42. The summed E-state index contributed by atoms with van der Waals surface area (Å²) in [7, 11) is -5.42. The van der Waals surface area contributed by atoms with E-state index in [-0.39, 0.29) is 5.56 Å². The van der Waals surface area contributed by atoms with E-state index in [0.29, 0.717) is 4.47 Å². The van der Waals surface area contributed by atoms with E-state index in [2.05, 4.69) is 15.9 Å². The van der Waals surface area contributed by atoms with Gasteiger partial charge >= 0.3 is 5.51 Å². The van der Waals surface area contributed by atoms with Crippen molar-refractivity contribution in [2.45, 2.75) is 5.51 Å². The van der Waals surface area contributed by atoms with E-state index in [1.165, 1.54) is 24.3 Å². The van der Waals surface area contributed by atoms with Crippen LogP contribution in [0.4, 0.5) is 13.2 Å². The zero-order valence-corrected chi connectivity index (χ0v) is 10.6. The average Bonchev–Trinajstić information content (AvgIpc) is 2.16. The fraction of sp³-hybridized carbons (Fsp3) is 0.222. The number of sulfone groups is 1. The molecule has 0 N–H and O–H groups in total. The van der Waals surface area contributed by atoms with Crippen LogP contribution in [0.5, 0.6) is 0 Å². The third-order valence-corrected chi connectivity index (χ3v) is 3.72. The van der Waals surface area contributed by atoms with Crippen LogP contribution in [0.2, 0.25) is 0 Å². The summed E-state index contributed by atoms with van der Waals surface area (Å²) in [6.07, 6.45) is 0. The highest BCUT2D eigenvalue weighted by molar-refractivity contribution is 9.10. The van der Waals surface area contributed by atoms with Crippen LogP contribution in [0.1, 0.15) is 10.4 Å². The van der Waals surface area contributed by atoms with Crippen molar-refractivity contribution < 1.29 is 26.4 Å². The highest BCUT2D eigenvalue weighted by Crippen LogP contribution is 2.24. The standard InChI is InChI=1S/C9H6BrF3O3S/c10-7-3-1-6(2-4-7)8(14)5-17(15,16)9(11,12)13/h1-4H,5H2. The summed E-state index contributed by atoms with van der Waals surface area (Å²) in [4.78, 5) is 11.3. The van der Waals surface area contributed by atoms with Crippen LogP contribution >= 0.6 is 15.9 Å². The normalized spacial score (nSPS) is 12.5. The number of hydrogen-bond acceptors (Lipinski definition) is 3. The van der Waals surface area contributed by atoms with Crippen molar-refractivity contribution in [3.63, 3.8) is 0 Å². The first-order valence-corrected chi connectivity index (χ1v) is 6.66. The van der Waals surface area contributed by atoms with Gasteiger partial charge in [0, 0.05) is 10.0 Å². The molecular weight excluding hydrogens is 325 g/mol. The highest BCUT2D eigenvalue weighted by atomic mass is 79.9. The molecule has 1 rings (SSSR count). The van der Waals surface area contributed by atoms with Crippen molar-refractivity contribution in [3.8, 4) is 0 Å². The molecular formula is C9H6BrF3O3S. The van der Waals surface area contributed by atoms with Gasteiger partial charge in [0.2, 0.25) is 0 Å². The van der Waals surface area contributed by atoms with Gasteiger partial charge in [0.05, 0.1) is 0 Å². The number of alkyl halides is 3. The molecule has 0 saturated carbocycles. The van der Waals surface area contributed by atoms with Gasteiger partial charge in [-0.2, -0.15) is 13.2 Å². The quantitative estimate of drug-likeness (QED) is 0.800. The Hall–Kier alpha value is -0.890. The van der Waals surface area contributed by atoms with E-state index in [1.807, 2.05) is 0 Å². The van der Waals surface area contributed by atoms with Crippen molar-refractivity contribution in [3.05, 3.63) is 34.3 Å². The van der Waals surface area contributed by atoms with Crippen LogP contribution in [-0.4, -0.2) is 25.5 Å². The van der Waals surface area contributed by atoms with Crippen molar-refractivity contribution in [1.82, 2.24) is 0 Å². The van der Waals surface area contributed by atoms with Crippen LogP contribution < -0.4 is 0 Å². The molecule has 0 amide bonds. The Bertz CT molecular complexity index is 519. The molecule has 8 heteroatoms. The monoisotopic (exact) mass is 330 g/mol. The lowest BCUT2D eigenvalue weighted by molar-refractivity contribution is -0.0434. The van der Waals surface area contributed by atoms with Crippen LogP contribution in [0, 0.1) is 0 Å². The Kier molecular flexibility index (Phi) is 3.98. The Labute approximate surface area is 104 Å². The van der Waals surface area contributed by atoms with Gasteiger partial charge in [-0.3, -0.25) is 4.79 Å². The van der Waals surface area contributed by atoms with E-state index in [1.54, 1.807) is 0 Å². The van der Waals surface area contributed by atoms with Crippen LogP contribution in [-0.2, 0) is 9.84 Å². The highest BCUT2D eigenvalue weighted by Gasteiger charge is 2.46. The summed E-state index contributed by atoms with van der Waals surface area (Å²) in [5.41, 5.74) is -5.49. The second-order valence-corrected chi connectivity index (χ2v) is 6.03. The molecule has 0 bridgehead atoms. The Balaban J connectivity index is 2.91. The van der Waals surface area contributed by atoms with Gasteiger partial charge in [0.15, 0.2) is 5.78 Å². The first-order valence-electron chi connectivity index (χ1n) is 4.21. The molecule has 0 aliphatic rings.